The summed E-state index contributed by atoms with van der Waals surface area (Å²) in [4.78, 5) is 0.667. The predicted molar refractivity (Wildman–Crippen MR) is 68.0 cm³/mol. The zero-order valence-electron chi connectivity index (χ0n) is 9.98. The fraction of sp³-hybridized carbons (Fsp3) is 1.00. The van der Waals surface area contributed by atoms with Crippen molar-refractivity contribution in [1.29, 1.82) is 0 Å². The van der Waals surface area contributed by atoms with Crippen LogP contribution in [0.15, 0.2) is 0 Å². The summed E-state index contributed by atoms with van der Waals surface area (Å²) in [5.74, 6) is 0.963. The van der Waals surface area contributed by atoms with Crippen molar-refractivity contribution in [3.8, 4) is 0 Å². The SMILES string of the molecule is CC(Br)CC(C)(C)C1CCCCCC1. The van der Waals surface area contributed by atoms with Gasteiger partial charge in [0.25, 0.3) is 0 Å². The van der Waals surface area contributed by atoms with E-state index in [2.05, 4.69) is 36.7 Å². The van der Waals surface area contributed by atoms with Gasteiger partial charge in [0.15, 0.2) is 0 Å². The summed E-state index contributed by atoms with van der Waals surface area (Å²) >= 11 is 3.70. The molecule has 1 aliphatic carbocycles. The number of hydrogen-bond acceptors (Lipinski definition) is 0. The van der Waals surface area contributed by atoms with Crippen molar-refractivity contribution in [2.75, 3.05) is 0 Å². The molecule has 84 valence electrons. The Hall–Kier alpha value is 0.480. The maximum absolute atomic E-state index is 3.70. The van der Waals surface area contributed by atoms with Crippen molar-refractivity contribution >= 4 is 15.9 Å². The van der Waals surface area contributed by atoms with Crippen LogP contribution in [0.3, 0.4) is 0 Å². The van der Waals surface area contributed by atoms with E-state index in [1.54, 1.807) is 0 Å². The molecule has 0 amide bonds. The van der Waals surface area contributed by atoms with Gasteiger partial charge in [-0.05, 0) is 30.6 Å². The normalized spacial score (nSPS) is 23.1. The fourth-order valence-corrected chi connectivity index (χ4v) is 3.79. The molecule has 1 unspecified atom stereocenters. The van der Waals surface area contributed by atoms with Crippen molar-refractivity contribution in [2.24, 2.45) is 11.3 Å². The molecule has 1 atom stereocenters. The topological polar surface area (TPSA) is 0 Å². The van der Waals surface area contributed by atoms with Crippen LogP contribution in [-0.4, -0.2) is 4.83 Å². The second-order valence-corrected chi connectivity index (χ2v) is 7.23. The van der Waals surface area contributed by atoms with E-state index in [4.69, 9.17) is 0 Å². The van der Waals surface area contributed by atoms with Crippen molar-refractivity contribution in [1.82, 2.24) is 0 Å². The van der Waals surface area contributed by atoms with Gasteiger partial charge in [-0.15, -0.1) is 0 Å². The number of halogens is 1. The lowest BCUT2D eigenvalue weighted by atomic mass is 9.72. The molecular formula is C13H25Br. The van der Waals surface area contributed by atoms with Gasteiger partial charge in [0.05, 0.1) is 0 Å². The minimum Gasteiger partial charge on any atom is -0.0893 e. The van der Waals surface area contributed by atoms with E-state index in [1.165, 1.54) is 44.9 Å². The van der Waals surface area contributed by atoms with E-state index >= 15 is 0 Å². The maximum atomic E-state index is 3.70. The Morgan fingerprint density at radius 1 is 1.14 bits per heavy atom. The molecule has 0 nitrogen and oxygen atoms in total. The molecule has 1 heteroatoms. The standard InChI is InChI=1S/C13H25Br/c1-11(14)10-13(2,3)12-8-6-4-5-7-9-12/h11-12H,4-10H2,1-3H3. The van der Waals surface area contributed by atoms with Crippen LogP contribution in [0.25, 0.3) is 0 Å². The van der Waals surface area contributed by atoms with E-state index in [9.17, 15) is 0 Å². The zero-order valence-corrected chi connectivity index (χ0v) is 11.6. The highest BCUT2D eigenvalue weighted by atomic mass is 79.9. The molecule has 1 fully saturated rings. The first-order valence-electron chi connectivity index (χ1n) is 6.16. The van der Waals surface area contributed by atoms with Gasteiger partial charge < -0.3 is 0 Å². The Morgan fingerprint density at radius 3 is 2.07 bits per heavy atom. The smallest absolute Gasteiger partial charge is 0.0122 e. The van der Waals surface area contributed by atoms with Gasteiger partial charge in [-0.25, -0.2) is 0 Å². The summed E-state index contributed by atoms with van der Waals surface area (Å²) in [6.45, 7) is 7.19. The molecule has 1 saturated carbocycles. The van der Waals surface area contributed by atoms with Gasteiger partial charge in [0, 0.05) is 4.83 Å². The average molecular weight is 261 g/mol. The fourth-order valence-electron chi connectivity index (χ4n) is 2.95. The van der Waals surface area contributed by atoms with Gasteiger partial charge >= 0.3 is 0 Å². The van der Waals surface area contributed by atoms with Crippen molar-refractivity contribution in [2.45, 2.75) is 70.5 Å². The van der Waals surface area contributed by atoms with Crippen LogP contribution in [-0.2, 0) is 0 Å². The lowest BCUT2D eigenvalue weighted by Crippen LogP contribution is -2.26. The molecule has 0 spiro atoms. The first-order valence-corrected chi connectivity index (χ1v) is 7.08. The molecule has 1 aliphatic rings. The van der Waals surface area contributed by atoms with E-state index in [-0.39, 0.29) is 0 Å². The molecule has 0 heterocycles. The third-order valence-corrected chi connectivity index (χ3v) is 4.09. The second-order valence-electron chi connectivity index (χ2n) is 5.66. The summed E-state index contributed by atoms with van der Waals surface area (Å²) in [5, 5.41) is 0. The molecule has 0 aromatic heterocycles. The predicted octanol–water partition coefficient (Wildman–Crippen LogP) is 5.16. The van der Waals surface area contributed by atoms with Gasteiger partial charge in [-0.3, -0.25) is 0 Å². The summed E-state index contributed by atoms with van der Waals surface area (Å²) in [7, 11) is 0. The monoisotopic (exact) mass is 260 g/mol. The number of hydrogen-bond donors (Lipinski definition) is 0. The molecule has 14 heavy (non-hydrogen) atoms. The third kappa shape index (κ3) is 3.92. The zero-order chi connectivity index (χ0) is 10.6. The minimum absolute atomic E-state index is 0.535. The first-order chi connectivity index (χ1) is 6.52. The number of alkyl halides is 1. The largest absolute Gasteiger partial charge is 0.0893 e. The molecule has 0 N–H and O–H groups in total. The lowest BCUT2D eigenvalue weighted by molar-refractivity contribution is 0.175. The van der Waals surface area contributed by atoms with Crippen LogP contribution in [0.2, 0.25) is 0 Å². The van der Waals surface area contributed by atoms with Crippen molar-refractivity contribution in [3.63, 3.8) is 0 Å². The molecular weight excluding hydrogens is 236 g/mol. The Bertz CT molecular complexity index is 153. The van der Waals surface area contributed by atoms with E-state index < -0.39 is 0 Å². The maximum Gasteiger partial charge on any atom is 0.0122 e. The molecule has 0 aliphatic heterocycles. The van der Waals surface area contributed by atoms with Crippen LogP contribution in [0.1, 0.15) is 65.7 Å². The summed E-state index contributed by atoms with van der Waals surface area (Å²) in [6, 6.07) is 0. The second kappa shape index (κ2) is 5.53. The van der Waals surface area contributed by atoms with E-state index in [1.807, 2.05) is 0 Å². The summed E-state index contributed by atoms with van der Waals surface area (Å²) in [6.07, 6.45) is 10.1. The van der Waals surface area contributed by atoms with Crippen LogP contribution in [0.5, 0.6) is 0 Å². The van der Waals surface area contributed by atoms with Crippen molar-refractivity contribution in [3.05, 3.63) is 0 Å². The van der Waals surface area contributed by atoms with Gasteiger partial charge in [0.2, 0.25) is 0 Å². The molecule has 1 rings (SSSR count). The summed E-state index contributed by atoms with van der Waals surface area (Å²) < 4.78 is 0. The Balaban J connectivity index is 2.50. The number of rotatable bonds is 3. The average Bonchev–Trinajstić information content (AvgIpc) is 2.28. The molecule has 0 aromatic carbocycles. The highest BCUT2D eigenvalue weighted by Crippen LogP contribution is 2.41. The first kappa shape index (κ1) is 12.5. The minimum atomic E-state index is 0.535. The van der Waals surface area contributed by atoms with Crippen molar-refractivity contribution < 1.29 is 0 Å². The van der Waals surface area contributed by atoms with E-state index in [0.29, 0.717) is 10.2 Å². The van der Waals surface area contributed by atoms with Crippen LogP contribution < -0.4 is 0 Å². The Kier molecular flexibility index (Phi) is 4.96. The van der Waals surface area contributed by atoms with Gasteiger partial charge in [0.1, 0.15) is 0 Å². The third-order valence-electron chi connectivity index (χ3n) is 3.77. The van der Waals surface area contributed by atoms with Crippen LogP contribution in [0.4, 0.5) is 0 Å². The Labute approximate surface area is 98.0 Å². The highest BCUT2D eigenvalue weighted by molar-refractivity contribution is 9.09. The molecule has 0 bridgehead atoms. The molecule has 0 aromatic rings. The molecule has 0 saturated heterocycles. The lowest BCUT2D eigenvalue weighted by Gasteiger charge is -2.35. The highest BCUT2D eigenvalue weighted by Gasteiger charge is 2.30. The summed E-state index contributed by atoms with van der Waals surface area (Å²) in [5.41, 5.74) is 0.535. The van der Waals surface area contributed by atoms with Crippen LogP contribution >= 0.6 is 15.9 Å². The Morgan fingerprint density at radius 2 is 1.64 bits per heavy atom. The van der Waals surface area contributed by atoms with Gasteiger partial charge in [-0.2, -0.15) is 0 Å². The van der Waals surface area contributed by atoms with E-state index in [0.717, 1.165) is 5.92 Å². The van der Waals surface area contributed by atoms with Crippen LogP contribution in [0, 0.1) is 11.3 Å². The quantitative estimate of drug-likeness (QED) is 0.486. The van der Waals surface area contributed by atoms with Gasteiger partial charge in [-0.1, -0.05) is 62.4 Å². The molecule has 0 radical (unpaired) electrons.